The molecule has 1 N–H and O–H groups in total. The molecule has 4 nitrogen and oxygen atoms in total. The van der Waals surface area contributed by atoms with Gasteiger partial charge in [0.2, 0.25) is 0 Å². The van der Waals surface area contributed by atoms with Crippen LogP contribution >= 0.6 is 11.6 Å². The second-order valence-electron chi connectivity index (χ2n) is 4.43. The van der Waals surface area contributed by atoms with Crippen LogP contribution in [0.3, 0.4) is 0 Å². The Morgan fingerprint density at radius 2 is 2.24 bits per heavy atom. The fourth-order valence-corrected chi connectivity index (χ4v) is 3.05. The van der Waals surface area contributed by atoms with Gasteiger partial charge in [0.05, 0.1) is 18.8 Å². The molecule has 0 aromatic carbocycles. The van der Waals surface area contributed by atoms with Crippen molar-refractivity contribution in [1.82, 2.24) is 4.98 Å². The topological polar surface area (TPSA) is 51.6 Å². The van der Waals surface area contributed by atoms with Gasteiger partial charge in [0, 0.05) is 25.1 Å². The van der Waals surface area contributed by atoms with E-state index in [1.807, 2.05) is 6.07 Å². The highest BCUT2D eigenvalue weighted by molar-refractivity contribution is 6.30. The average Bonchev–Trinajstić information content (AvgIpc) is 2.79. The molecule has 2 aliphatic rings. The predicted molar refractivity (Wildman–Crippen MR) is 61.9 cm³/mol. The summed E-state index contributed by atoms with van der Waals surface area (Å²) in [6.45, 7) is 1.27. The Morgan fingerprint density at radius 1 is 1.47 bits per heavy atom. The highest BCUT2D eigenvalue weighted by Gasteiger charge is 2.46. The number of ether oxygens (including phenoxy) is 2. The Hall–Kier alpha value is -0.680. The zero-order chi connectivity index (χ0) is 11.9. The zero-order valence-electron chi connectivity index (χ0n) is 9.36. The van der Waals surface area contributed by atoms with Gasteiger partial charge in [-0.25, -0.2) is 4.98 Å². The van der Waals surface area contributed by atoms with Gasteiger partial charge < -0.3 is 14.6 Å². The largest absolute Gasteiger partial charge is 0.396 e. The Morgan fingerprint density at radius 3 is 2.94 bits per heavy atom. The fourth-order valence-electron chi connectivity index (χ4n) is 2.75. The molecule has 3 rings (SSSR count). The van der Waals surface area contributed by atoms with Crippen molar-refractivity contribution in [2.45, 2.75) is 24.5 Å². The minimum atomic E-state index is -0.730. The van der Waals surface area contributed by atoms with E-state index in [1.165, 1.54) is 0 Å². The lowest BCUT2D eigenvalue weighted by atomic mass is 9.80. The lowest BCUT2D eigenvalue weighted by molar-refractivity contribution is -0.177. The van der Waals surface area contributed by atoms with Crippen molar-refractivity contribution in [3.63, 3.8) is 0 Å². The molecule has 0 radical (unpaired) electrons. The molecule has 1 saturated heterocycles. The molecule has 1 aliphatic carbocycles. The van der Waals surface area contributed by atoms with Gasteiger partial charge in [0.25, 0.3) is 0 Å². The third-order valence-corrected chi connectivity index (χ3v) is 3.84. The van der Waals surface area contributed by atoms with Gasteiger partial charge >= 0.3 is 0 Å². The molecule has 1 spiro atoms. The van der Waals surface area contributed by atoms with E-state index in [4.69, 9.17) is 21.1 Å². The number of aliphatic hydroxyl groups is 1. The highest BCUT2D eigenvalue weighted by Crippen LogP contribution is 2.48. The molecule has 1 atom stereocenters. The molecule has 2 heterocycles. The maximum Gasteiger partial charge on any atom is 0.198 e. The van der Waals surface area contributed by atoms with Crippen molar-refractivity contribution < 1.29 is 14.6 Å². The van der Waals surface area contributed by atoms with E-state index in [1.54, 1.807) is 6.20 Å². The van der Waals surface area contributed by atoms with Crippen LogP contribution in [0, 0.1) is 0 Å². The van der Waals surface area contributed by atoms with E-state index in [2.05, 4.69) is 4.98 Å². The Bertz CT molecular complexity index is 432. The molecule has 1 aromatic heterocycles. The molecule has 92 valence electrons. The van der Waals surface area contributed by atoms with Crippen molar-refractivity contribution in [2.75, 3.05) is 19.8 Å². The SMILES string of the molecule is OCC1CCC2(OCCO2)c2c1ccnc2Cl. The average molecular weight is 256 g/mol. The Kier molecular flexibility index (Phi) is 2.83. The van der Waals surface area contributed by atoms with E-state index in [0.29, 0.717) is 18.4 Å². The smallest absolute Gasteiger partial charge is 0.198 e. The predicted octanol–water partition coefficient (Wildman–Crippen LogP) is 1.80. The summed E-state index contributed by atoms with van der Waals surface area (Å²) in [5, 5.41) is 9.83. The molecule has 1 unspecified atom stereocenters. The molecular formula is C12H14ClNO3. The Balaban J connectivity index is 2.15. The molecule has 5 heteroatoms. The normalized spacial score (nSPS) is 26.1. The molecule has 1 aromatic rings. The third kappa shape index (κ3) is 1.67. The number of aromatic nitrogens is 1. The first-order valence-corrected chi connectivity index (χ1v) is 6.18. The summed E-state index contributed by atoms with van der Waals surface area (Å²) in [7, 11) is 0. The van der Waals surface area contributed by atoms with Crippen LogP contribution in [0.2, 0.25) is 5.15 Å². The molecular weight excluding hydrogens is 242 g/mol. The first-order chi connectivity index (χ1) is 8.27. The summed E-state index contributed by atoms with van der Waals surface area (Å²) in [6.07, 6.45) is 3.22. The second-order valence-corrected chi connectivity index (χ2v) is 4.79. The zero-order valence-corrected chi connectivity index (χ0v) is 10.1. The summed E-state index contributed by atoms with van der Waals surface area (Å²) >= 11 is 6.18. The molecule has 0 amide bonds. The monoisotopic (exact) mass is 255 g/mol. The number of hydrogen-bond acceptors (Lipinski definition) is 4. The van der Waals surface area contributed by atoms with Crippen molar-refractivity contribution >= 4 is 11.6 Å². The summed E-state index contributed by atoms with van der Waals surface area (Å²) in [5.41, 5.74) is 1.81. The van der Waals surface area contributed by atoms with Gasteiger partial charge in [0.1, 0.15) is 5.15 Å². The summed E-state index contributed by atoms with van der Waals surface area (Å²) in [6, 6.07) is 1.90. The van der Waals surface area contributed by atoms with E-state index in [9.17, 15) is 5.11 Å². The number of halogens is 1. The van der Waals surface area contributed by atoms with Gasteiger partial charge in [0.15, 0.2) is 5.79 Å². The van der Waals surface area contributed by atoms with Crippen LogP contribution in [0.25, 0.3) is 0 Å². The summed E-state index contributed by atoms with van der Waals surface area (Å²) in [4.78, 5) is 4.10. The van der Waals surface area contributed by atoms with Gasteiger partial charge in [-0.05, 0) is 18.1 Å². The van der Waals surface area contributed by atoms with Crippen LogP contribution in [0.5, 0.6) is 0 Å². The van der Waals surface area contributed by atoms with E-state index in [0.717, 1.165) is 24.0 Å². The summed E-state index contributed by atoms with van der Waals surface area (Å²) < 4.78 is 11.5. The maximum absolute atomic E-state index is 9.41. The van der Waals surface area contributed by atoms with Crippen LogP contribution < -0.4 is 0 Å². The third-order valence-electron chi connectivity index (χ3n) is 3.55. The van der Waals surface area contributed by atoms with Crippen LogP contribution in [-0.4, -0.2) is 29.9 Å². The van der Waals surface area contributed by atoms with E-state index in [-0.39, 0.29) is 12.5 Å². The molecule has 1 fully saturated rings. The fraction of sp³-hybridized carbons (Fsp3) is 0.583. The van der Waals surface area contributed by atoms with Crippen LogP contribution in [0.15, 0.2) is 12.3 Å². The number of aliphatic hydroxyl groups excluding tert-OH is 1. The number of fused-ring (bicyclic) bond motifs is 2. The number of rotatable bonds is 1. The minimum Gasteiger partial charge on any atom is -0.396 e. The standard InChI is InChI=1S/C12H14ClNO3/c13-11-10-9(2-4-14-11)8(7-15)1-3-12(10)16-5-6-17-12/h2,4,8,15H,1,3,5-7H2. The van der Waals surface area contributed by atoms with Gasteiger partial charge in [-0.1, -0.05) is 11.6 Å². The lowest BCUT2D eigenvalue weighted by Gasteiger charge is -2.37. The minimum absolute atomic E-state index is 0.101. The van der Waals surface area contributed by atoms with Gasteiger partial charge in [-0.15, -0.1) is 0 Å². The first-order valence-electron chi connectivity index (χ1n) is 5.80. The first kappa shape index (κ1) is 11.4. The molecule has 0 saturated carbocycles. The van der Waals surface area contributed by atoms with Crippen LogP contribution in [0.4, 0.5) is 0 Å². The van der Waals surface area contributed by atoms with Gasteiger partial charge in [-0.3, -0.25) is 0 Å². The molecule has 17 heavy (non-hydrogen) atoms. The van der Waals surface area contributed by atoms with Gasteiger partial charge in [-0.2, -0.15) is 0 Å². The van der Waals surface area contributed by atoms with Crippen molar-refractivity contribution in [3.8, 4) is 0 Å². The molecule has 1 aliphatic heterocycles. The number of pyridine rings is 1. The lowest BCUT2D eigenvalue weighted by Crippen LogP contribution is -2.34. The number of nitrogens with zero attached hydrogens (tertiary/aromatic N) is 1. The van der Waals surface area contributed by atoms with Crippen LogP contribution in [0.1, 0.15) is 29.9 Å². The van der Waals surface area contributed by atoms with Crippen molar-refractivity contribution in [1.29, 1.82) is 0 Å². The second kappa shape index (κ2) is 4.21. The highest BCUT2D eigenvalue weighted by atomic mass is 35.5. The Labute approximate surface area is 105 Å². The van der Waals surface area contributed by atoms with E-state index < -0.39 is 5.79 Å². The maximum atomic E-state index is 9.41. The summed E-state index contributed by atoms with van der Waals surface area (Å²) in [5.74, 6) is -0.629. The molecule has 0 bridgehead atoms. The quantitative estimate of drug-likeness (QED) is 0.778. The van der Waals surface area contributed by atoms with Crippen molar-refractivity contribution in [2.24, 2.45) is 0 Å². The van der Waals surface area contributed by atoms with E-state index >= 15 is 0 Å². The van der Waals surface area contributed by atoms with Crippen LogP contribution in [-0.2, 0) is 15.3 Å². The number of hydrogen-bond donors (Lipinski definition) is 1. The van der Waals surface area contributed by atoms with Crippen molar-refractivity contribution in [3.05, 3.63) is 28.5 Å².